The number of carbonyl (C=O) groups is 1. The Morgan fingerprint density at radius 2 is 1.72 bits per heavy atom. The number of rotatable bonds is 9. The van der Waals surface area contributed by atoms with Gasteiger partial charge in [0.1, 0.15) is 12.0 Å². The number of methoxy groups -OCH3 is 1. The first-order chi connectivity index (χ1) is 12.0. The second-order valence-electron chi connectivity index (χ2n) is 5.82. The number of aryl methyl sites for hydroxylation is 2. The average molecular weight is 363 g/mol. The van der Waals surface area contributed by atoms with E-state index >= 15 is 0 Å². The standard InChI is InChI=1S/C20H23ClO4/c1-14-10-15(2)20(17(21)11-14)25-9-5-4-8-24-18-7-6-16(13-22)12-19(18)23-3/h6-7,10-13H,4-5,8-9H2,1-3H3. The van der Waals surface area contributed by atoms with E-state index in [1.807, 2.05) is 19.9 Å². The number of hydrogen-bond acceptors (Lipinski definition) is 4. The summed E-state index contributed by atoms with van der Waals surface area (Å²) < 4.78 is 16.8. The Morgan fingerprint density at radius 3 is 2.36 bits per heavy atom. The van der Waals surface area contributed by atoms with Gasteiger partial charge in [-0.15, -0.1) is 0 Å². The van der Waals surface area contributed by atoms with Gasteiger partial charge >= 0.3 is 0 Å². The Hall–Kier alpha value is -2.20. The lowest BCUT2D eigenvalue weighted by Gasteiger charge is -2.13. The van der Waals surface area contributed by atoms with Crippen molar-refractivity contribution >= 4 is 17.9 Å². The van der Waals surface area contributed by atoms with Crippen molar-refractivity contribution in [1.82, 2.24) is 0 Å². The van der Waals surface area contributed by atoms with Gasteiger partial charge in [0.05, 0.1) is 25.3 Å². The van der Waals surface area contributed by atoms with Crippen LogP contribution in [0.1, 0.15) is 34.3 Å². The van der Waals surface area contributed by atoms with Gasteiger partial charge in [-0.25, -0.2) is 0 Å². The first kappa shape index (κ1) is 19.1. The number of unbranched alkanes of at least 4 members (excludes halogenated alkanes) is 1. The number of benzene rings is 2. The summed E-state index contributed by atoms with van der Waals surface area (Å²) in [5, 5.41) is 0.647. The Labute approximate surface area is 153 Å². The van der Waals surface area contributed by atoms with Crippen LogP contribution in [0.25, 0.3) is 0 Å². The van der Waals surface area contributed by atoms with Crippen LogP contribution in [-0.4, -0.2) is 26.6 Å². The van der Waals surface area contributed by atoms with Crippen molar-refractivity contribution in [3.05, 3.63) is 52.0 Å². The predicted molar refractivity (Wildman–Crippen MR) is 99.5 cm³/mol. The Balaban J connectivity index is 1.76. The topological polar surface area (TPSA) is 44.8 Å². The summed E-state index contributed by atoms with van der Waals surface area (Å²) in [7, 11) is 1.55. The van der Waals surface area contributed by atoms with Crippen LogP contribution < -0.4 is 14.2 Å². The van der Waals surface area contributed by atoms with Crippen LogP contribution >= 0.6 is 11.6 Å². The first-order valence-corrected chi connectivity index (χ1v) is 8.58. The molecule has 0 radical (unpaired) electrons. The van der Waals surface area contributed by atoms with Crippen molar-refractivity contribution in [3.63, 3.8) is 0 Å². The molecule has 0 aliphatic rings. The lowest BCUT2D eigenvalue weighted by atomic mass is 10.1. The predicted octanol–water partition coefficient (Wildman–Crippen LogP) is 5.02. The van der Waals surface area contributed by atoms with Gasteiger partial charge in [0.25, 0.3) is 0 Å². The molecule has 5 heteroatoms. The van der Waals surface area contributed by atoms with Gasteiger partial charge in [-0.3, -0.25) is 4.79 Å². The van der Waals surface area contributed by atoms with Crippen LogP contribution in [0.5, 0.6) is 17.2 Å². The fraction of sp³-hybridized carbons (Fsp3) is 0.350. The van der Waals surface area contributed by atoms with Crippen molar-refractivity contribution in [2.45, 2.75) is 26.7 Å². The fourth-order valence-electron chi connectivity index (χ4n) is 2.52. The molecule has 0 atom stereocenters. The number of aldehydes is 1. The zero-order valence-electron chi connectivity index (χ0n) is 14.8. The van der Waals surface area contributed by atoms with E-state index in [1.54, 1.807) is 25.3 Å². The van der Waals surface area contributed by atoms with Gasteiger partial charge in [-0.2, -0.15) is 0 Å². The summed E-state index contributed by atoms with van der Waals surface area (Å²) in [5.41, 5.74) is 2.72. The Kier molecular flexibility index (Phi) is 7.14. The number of hydrogen-bond donors (Lipinski definition) is 0. The molecule has 0 spiro atoms. The lowest BCUT2D eigenvalue weighted by Crippen LogP contribution is -2.04. The molecule has 0 aliphatic heterocycles. The second kappa shape index (κ2) is 9.33. The molecule has 134 valence electrons. The molecule has 0 unspecified atom stereocenters. The third kappa shape index (κ3) is 5.40. The van der Waals surface area contributed by atoms with E-state index < -0.39 is 0 Å². The molecule has 0 N–H and O–H groups in total. The van der Waals surface area contributed by atoms with Crippen molar-refractivity contribution in [2.24, 2.45) is 0 Å². The van der Waals surface area contributed by atoms with Crippen LogP contribution in [0.2, 0.25) is 5.02 Å². The minimum atomic E-state index is 0.542. The van der Waals surface area contributed by atoms with E-state index in [0.717, 1.165) is 36.0 Å². The van der Waals surface area contributed by atoms with Crippen LogP contribution in [0.4, 0.5) is 0 Å². The summed E-state index contributed by atoms with van der Waals surface area (Å²) in [4.78, 5) is 10.8. The molecule has 0 aliphatic carbocycles. The van der Waals surface area contributed by atoms with Gasteiger partial charge in [-0.1, -0.05) is 17.7 Å². The zero-order chi connectivity index (χ0) is 18.2. The molecule has 2 aromatic rings. The summed E-state index contributed by atoms with van der Waals surface area (Å²) >= 11 is 6.22. The molecule has 0 saturated carbocycles. The summed E-state index contributed by atoms with van der Waals surface area (Å²) in [6.07, 6.45) is 2.46. The van der Waals surface area contributed by atoms with Crippen molar-refractivity contribution in [2.75, 3.05) is 20.3 Å². The number of ether oxygens (including phenoxy) is 3. The van der Waals surface area contributed by atoms with E-state index in [0.29, 0.717) is 35.3 Å². The average Bonchev–Trinajstić information content (AvgIpc) is 2.59. The van der Waals surface area contributed by atoms with E-state index in [1.165, 1.54) is 0 Å². The van der Waals surface area contributed by atoms with Gasteiger partial charge in [0, 0.05) is 5.56 Å². The smallest absolute Gasteiger partial charge is 0.161 e. The third-order valence-electron chi connectivity index (χ3n) is 3.74. The highest BCUT2D eigenvalue weighted by atomic mass is 35.5. The maximum atomic E-state index is 10.8. The van der Waals surface area contributed by atoms with Gasteiger partial charge in [-0.05, 0) is 62.1 Å². The fourth-order valence-corrected chi connectivity index (χ4v) is 2.90. The molecule has 0 fully saturated rings. The van der Waals surface area contributed by atoms with E-state index in [4.69, 9.17) is 25.8 Å². The minimum absolute atomic E-state index is 0.542. The third-order valence-corrected chi connectivity index (χ3v) is 4.02. The molecule has 2 aromatic carbocycles. The quantitative estimate of drug-likeness (QED) is 0.464. The molecular weight excluding hydrogens is 340 g/mol. The number of carbonyl (C=O) groups excluding carboxylic acids is 1. The Bertz CT molecular complexity index is 705. The van der Waals surface area contributed by atoms with Crippen LogP contribution in [0.15, 0.2) is 30.3 Å². The lowest BCUT2D eigenvalue weighted by molar-refractivity contribution is 0.112. The summed E-state index contributed by atoms with van der Waals surface area (Å²) in [6.45, 7) is 5.12. The Morgan fingerprint density at radius 1 is 1.00 bits per heavy atom. The monoisotopic (exact) mass is 362 g/mol. The van der Waals surface area contributed by atoms with E-state index in [9.17, 15) is 4.79 Å². The summed E-state index contributed by atoms with van der Waals surface area (Å²) in [5.74, 6) is 1.94. The number of halogens is 1. The van der Waals surface area contributed by atoms with E-state index in [-0.39, 0.29) is 0 Å². The molecule has 0 amide bonds. The van der Waals surface area contributed by atoms with Crippen molar-refractivity contribution in [1.29, 1.82) is 0 Å². The maximum absolute atomic E-state index is 10.8. The molecule has 4 nitrogen and oxygen atoms in total. The van der Waals surface area contributed by atoms with Gasteiger partial charge in [0.15, 0.2) is 11.5 Å². The zero-order valence-corrected chi connectivity index (χ0v) is 15.6. The SMILES string of the molecule is COc1cc(C=O)ccc1OCCCCOc1c(C)cc(C)cc1Cl. The molecule has 25 heavy (non-hydrogen) atoms. The molecule has 2 rings (SSSR count). The maximum Gasteiger partial charge on any atom is 0.161 e. The molecule has 0 heterocycles. The van der Waals surface area contributed by atoms with Crippen molar-refractivity contribution in [3.8, 4) is 17.2 Å². The van der Waals surface area contributed by atoms with Gasteiger partial charge < -0.3 is 14.2 Å². The van der Waals surface area contributed by atoms with Crippen LogP contribution in [-0.2, 0) is 0 Å². The summed E-state index contributed by atoms with van der Waals surface area (Å²) in [6, 6.07) is 9.07. The van der Waals surface area contributed by atoms with Gasteiger partial charge in [0.2, 0.25) is 0 Å². The van der Waals surface area contributed by atoms with Crippen molar-refractivity contribution < 1.29 is 19.0 Å². The molecule has 0 aromatic heterocycles. The second-order valence-corrected chi connectivity index (χ2v) is 6.23. The minimum Gasteiger partial charge on any atom is -0.493 e. The highest BCUT2D eigenvalue weighted by molar-refractivity contribution is 6.32. The van der Waals surface area contributed by atoms with Crippen LogP contribution in [0.3, 0.4) is 0 Å². The molecule has 0 saturated heterocycles. The van der Waals surface area contributed by atoms with Crippen LogP contribution in [0, 0.1) is 13.8 Å². The largest absolute Gasteiger partial charge is 0.493 e. The molecular formula is C20H23ClO4. The normalized spacial score (nSPS) is 10.4. The molecule has 0 bridgehead atoms. The highest BCUT2D eigenvalue weighted by Gasteiger charge is 2.07. The first-order valence-electron chi connectivity index (χ1n) is 8.20. The highest BCUT2D eigenvalue weighted by Crippen LogP contribution is 2.30. The van der Waals surface area contributed by atoms with E-state index in [2.05, 4.69) is 6.07 Å².